The Morgan fingerprint density at radius 1 is 0.867 bits per heavy atom. The molecule has 6 nitrogen and oxygen atoms in total. The average molecular weight is 425 g/mol. The SMILES string of the molecule is Cc1ccc(NS(=O)(=O)c2ccc(NC(=O)[C@@H](C)Oc3ccccc3C)cc2)cc1. The third-order valence-electron chi connectivity index (χ3n) is 4.50. The van der Waals surface area contributed by atoms with Crippen molar-refractivity contribution in [2.75, 3.05) is 10.0 Å². The summed E-state index contributed by atoms with van der Waals surface area (Å²) >= 11 is 0. The Labute approximate surface area is 177 Å². The molecule has 1 atom stereocenters. The molecule has 0 fully saturated rings. The molecule has 7 heteroatoms. The highest BCUT2D eigenvalue weighted by atomic mass is 32.2. The van der Waals surface area contributed by atoms with E-state index in [9.17, 15) is 13.2 Å². The number of aryl methyl sites for hydroxylation is 2. The monoisotopic (exact) mass is 424 g/mol. The van der Waals surface area contributed by atoms with E-state index >= 15 is 0 Å². The molecule has 0 aliphatic heterocycles. The van der Waals surface area contributed by atoms with Gasteiger partial charge in [0.25, 0.3) is 15.9 Å². The van der Waals surface area contributed by atoms with Crippen LogP contribution in [0.4, 0.5) is 11.4 Å². The average Bonchev–Trinajstić information content (AvgIpc) is 2.71. The number of amides is 1. The lowest BCUT2D eigenvalue weighted by Crippen LogP contribution is -2.30. The first-order valence-electron chi connectivity index (χ1n) is 9.47. The molecule has 0 bridgehead atoms. The maximum atomic E-state index is 12.5. The summed E-state index contributed by atoms with van der Waals surface area (Å²) in [5, 5.41) is 2.74. The van der Waals surface area contributed by atoms with Crippen LogP contribution in [0.15, 0.2) is 77.7 Å². The van der Waals surface area contributed by atoms with Gasteiger partial charge in [0, 0.05) is 11.4 Å². The van der Waals surface area contributed by atoms with Crippen molar-refractivity contribution in [1.82, 2.24) is 0 Å². The molecule has 0 aliphatic rings. The number of ether oxygens (including phenoxy) is 1. The van der Waals surface area contributed by atoms with Crippen molar-refractivity contribution in [2.24, 2.45) is 0 Å². The van der Waals surface area contributed by atoms with Crippen molar-refractivity contribution in [3.8, 4) is 5.75 Å². The van der Waals surface area contributed by atoms with Crippen LogP contribution in [0.2, 0.25) is 0 Å². The maximum Gasteiger partial charge on any atom is 0.265 e. The van der Waals surface area contributed by atoms with Gasteiger partial charge in [-0.3, -0.25) is 9.52 Å². The van der Waals surface area contributed by atoms with Gasteiger partial charge >= 0.3 is 0 Å². The molecular weight excluding hydrogens is 400 g/mol. The number of carbonyl (C=O) groups is 1. The van der Waals surface area contributed by atoms with Gasteiger partial charge in [0.2, 0.25) is 0 Å². The quantitative estimate of drug-likeness (QED) is 0.584. The fourth-order valence-corrected chi connectivity index (χ4v) is 3.79. The summed E-state index contributed by atoms with van der Waals surface area (Å²) in [5.74, 6) is 0.315. The van der Waals surface area contributed by atoms with E-state index in [1.807, 2.05) is 44.2 Å². The van der Waals surface area contributed by atoms with E-state index in [1.165, 1.54) is 12.1 Å². The molecule has 3 aromatic rings. The molecule has 0 aliphatic carbocycles. The van der Waals surface area contributed by atoms with Gasteiger partial charge in [0.15, 0.2) is 6.10 Å². The highest BCUT2D eigenvalue weighted by Gasteiger charge is 2.17. The molecule has 156 valence electrons. The fourth-order valence-electron chi connectivity index (χ4n) is 2.73. The summed E-state index contributed by atoms with van der Waals surface area (Å²) in [6, 6.07) is 20.5. The summed E-state index contributed by atoms with van der Waals surface area (Å²) in [4.78, 5) is 12.5. The van der Waals surface area contributed by atoms with Crippen LogP contribution in [0.1, 0.15) is 18.1 Å². The molecule has 0 heterocycles. The van der Waals surface area contributed by atoms with Crippen LogP contribution < -0.4 is 14.8 Å². The summed E-state index contributed by atoms with van der Waals surface area (Å²) in [6.07, 6.45) is -0.710. The second-order valence-corrected chi connectivity index (χ2v) is 8.69. The van der Waals surface area contributed by atoms with E-state index in [0.717, 1.165) is 11.1 Å². The summed E-state index contributed by atoms with van der Waals surface area (Å²) < 4.78 is 33.3. The van der Waals surface area contributed by atoms with Crippen LogP contribution in [0.5, 0.6) is 5.75 Å². The molecule has 0 radical (unpaired) electrons. The molecule has 0 saturated heterocycles. The zero-order valence-electron chi connectivity index (χ0n) is 17.0. The van der Waals surface area contributed by atoms with Crippen molar-refractivity contribution >= 4 is 27.3 Å². The minimum Gasteiger partial charge on any atom is -0.481 e. The van der Waals surface area contributed by atoms with Gasteiger partial charge in [-0.05, 0) is 68.8 Å². The van der Waals surface area contributed by atoms with Gasteiger partial charge < -0.3 is 10.1 Å². The number of rotatable bonds is 7. The van der Waals surface area contributed by atoms with Gasteiger partial charge in [-0.2, -0.15) is 0 Å². The Morgan fingerprint density at radius 3 is 2.10 bits per heavy atom. The second kappa shape index (κ2) is 9.00. The molecule has 0 aromatic heterocycles. The predicted molar refractivity (Wildman–Crippen MR) is 118 cm³/mol. The fraction of sp³-hybridized carbons (Fsp3) is 0.174. The van der Waals surface area contributed by atoms with Crippen LogP contribution in [0.3, 0.4) is 0 Å². The van der Waals surface area contributed by atoms with E-state index in [2.05, 4.69) is 10.0 Å². The van der Waals surface area contributed by atoms with Crippen LogP contribution in [-0.4, -0.2) is 20.4 Å². The number of para-hydroxylation sites is 1. The lowest BCUT2D eigenvalue weighted by atomic mass is 10.2. The summed E-state index contributed by atoms with van der Waals surface area (Å²) in [6.45, 7) is 5.49. The molecule has 30 heavy (non-hydrogen) atoms. The van der Waals surface area contributed by atoms with Crippen molar-refractivity contribution in [3.05, 3.63) is 83.9 Å². The minimum absolute atomic E-state index is 0.102. The Hall–Kier alpha value is -3.32. The molecule has 1 amide bonds. The largest absolute Gasteiger partial charge is 0.481 e. The highest BCUT2D eigenvalue weighted by Crippen LogP contribution is 2.20. The minimum atomic E-state index is -3.72. The Kier molecular flexibility index (Phi) is 6.42. The van der Waals surface area contributed by atoms with Crippen molar-refractivity contribution in [1.29, 1.82) is 0 Å². The summed E-state index contributed by atoms with van der Waals surface area (Å²) in [7, 11) is -3.72. The Bertz CT molecular complexity index is 1120. The molecular formula is C23H24N2O4S. The topological polar surface area (TPSA) is 84.5 Å². The normalized spacial score (nSPS) is 12.1. The molecule has 0 unspecified atom stereocenters. The number of nitrogens with one attached hydrogen (secondary N) is 2. The zero-order chi connectivity index (χ0) is 21.7. The van der Waals surface area contributed by atoms with E-state index in [4.69, 9.17) is 4.74 Å². The molecule has 2 N–H and O–H groups in total. The number of hydrogen-bond acceptors (Lipinski definition) is 4. The van der Waals surface area contributed by atoms with Gasteiger partial charge in [-0.1, -0.05) is 35.9 Å². The Balaban J connectivity index is 1.64. The van der Waals surface area contributed by atoms with Gasteiger partial charge in [0.1, 0.15) is 5.75 Å². The third-order valence-corrected chi connectivity index (χ3v) is 5.90. The second-order valence-electron chi connectivity index (χ2n) is 7.01. The first kappa shape index (κ1) is 21.4. The first-order chi connectivity index (χ1) is 14.2. The smallest absolute Gasteiger partial charge is 0.265 e. The van der Waals surface area contributed by atoms with Crippen LogP contribution >= 0.6 is 0 Å². The summed E-state index contributed by atoms with van der Waals surface area (Å²) in [5.41, 5.74) is 2.95. The number of benzene rings is 3. The number of hydrogen-bond donors (Lipinski definition) is 2. The van der Waals surface area contributed by atoms with Crippen molar-refractivity contribution in [2.45, 2.75) is 31.8 Å². The van der Waals surface area contributed by atoms with Crippen LogP contribution in [-0.2, 0) is 14.8 Å². The molecule has 3 rings (SSSR count). The lowest BCUT2D eigenvalue weighted by Gasteiger charge is -2.16. The van der Waals surface area contributed by atoms with Crippen molar-refractivity contribution < 1.29 is 17.9 Å². The van der Waals surface area contributed by atoms with E-state index in [-0.39, 0.29) is 10.8 Å². The van der Waals surface area contributed by atoms with Crippen LogP contribution in [0.25, 0.3) is 0 Å². The zero-order valence-corrected chi connectivity index (χ0v) is 17.9. The first-order valence-corrected chi connectivity index (χ1v) is 11.0. The predicted octanol–water partition coefficient (Wildman–Crippen LogP) is 4.51. The van der Waals surface area contributed by atoms with E-state index in [1.54, 1.807) is 37.3 Å². The number of sulfonamides is 1. The van der Waals surface area contributed by atoms with E-state index < -0.39 is 16.1 Å². The van der Waals surface area contributed by atoms with Gasteiger partial charge in [-0.25, -0.2) is 8.42 Å². The number of carbonyl (C=O) groups excluding carboxylic acids is 1. The number of anilines is 2. The lowest BCUT2D eigenvalue weighted by molar-refractivity contribution is -0.122. The van der Waals surface area contributed by atoms with E-state index in [0.29, 0.717) is 17.1 Å². The van der Waals surface area contributed by atoms with Crippen molar-refractivity contribution in [3.63, 3.8) is 0 Å². The highest BCUT2D eigenvalue weighted by molar-refractivity contribution is 7.92. The Morgan fingerprint density at radius 2 is 1.47 bits per heavy atom. The van der Waals surface area contributed by atoms with Gasteiger partial charge in [0.05, 0.1) is 4.90 Å². The molecule has 3 aromatic carbocycles. The third kappa shape index (κ3) is 5.39. The van der Waals surface area contributed by atoms with Crippen LogP contribution in [0, 0.1) is 13.8 Å². The molecule has 0 spiro atoms. The van der Waals surface area contributed by atoms with Gasteiger partial charge in [-0.15, -0.1) is 0 Å². The maximum absolute atomic E-state index is 12.5. The standard InChI is InChI=1S/C23H24N2O4S/c1-16-8-10-20(11-9-16)25-30(27,28)21-14-12-19(13-15-21)24-23(26)18(3)29-22-7-5-4-6-17(22)2/h4-15,18,25H,1-3H3,(H,24,26)/t18-/m1/s1. The molecule has 0 saturated carbocycles.